The Morgan fingerprint density at radius 1 is 1.24 bits per heavy atom. The molecule has 112 valence electrons. The standard InChI is InChI=1S/C16H20N2O3/c1-2-5-11-12(18-19)10-13(14-6-3-8-20-14)17-16(11)15-7-4-9-21-15/h3-4,6-9,11,13,16-17,19H,2,5,10H2,1H3/b18-12+/t11-,13+,16-/m0/s1. The van der Waals surface area contributed by atoms with Gasteiger partial charge in [0.2, 0.25) is 0 Å². The van der Waals surface area contributed by atoms with Crippen molar-refractivity contribution in [1.29, 1.82) is 0 Å². The van der Waals surface area contributed by atoms with Gasteiger partial charge in [-0.25, -0.2) is 0 Å². The summed E-state index contributed by atoms with van der Waals surface area (Å²) in [5.41, 5.74) is 0.804. The second-order valence-corrected chi connectivity index (χ2v) is 5.42. The Balaban J connectivity index is 1.92. The molecule has 0 aliphatic carbocycles. The van der Waals surface area contributed by atoms with Crippen molar-refractivity contribution in [1.82, 2.24) is 5.32 Å². The van der Waals surface area contributed by atoms with Crippen molar-refractivity contribution in [3.8, 4) is 0 Å². The predicted octanol–water partition coefficient (Wildman–Crippen LogP) is 3.89. The molecular weight excluding hydrogens is 268 g/mol. The summed E-state index contributed by atoms with van der Waals surface area (Å²) in [4.78, 5) is 0. The number of piperidine rings is 1. The lowest BCUT2D eigenvalue weighted by Gasteiger charge is -2.36. The molecule has 0 aromatic carbocycles. The number of nitrogens with one attached hydrogen (secondary N) is 1. The van der Waals surface area contributed by atoms with E-state index in [1.165, 1.54) is 0 Å². The van der Waals surface area contributed by atoms with Gasteiger partial charge in [-0.1, -0.05) is 18.5 Å². The molecule has 1 aliphatic rings. The fourth-order valence-corrected chi connectivity index (χ4v) is 3.12. The number of rotatable bonds is 4. The van der Waals surface area contributed by atoms with Crippen LogP contribution in [0.3, 0.4) is 0 Å². The van der Waals surface area contributed by atoms with Crippen LogP contribution in [0.5, 0.6) is 0 Å². The quantitative estimate of drug-likeness (QED) is 0.661. The van der Waals surface area contributed by atoms with Crippen molar-refractivity contribution in [2.24, 2.45) is 11.1 Å². The Hall–Kier alpha value is -2.01. The second-order valence-electron chi connectivity index (χ2n) is 5.42. The Kier molecular flexibility index (Phi) is 4.10. The molecule has 1 saturated heterocycles. The van der Waals surface area contributed by atoms with E-state index in [9.17, 15) is 5.21 Å². The minimum Gasteiger partial charge on any atom is -0.468 e. The van der Waals surface area contributed by atoms with Gasteiger partial charge < -0.3 is 14.0 Å². The number of oxime groups is 1. The SMILES string of the molecule is CCC[C@H]1/C(=N/O)C[C@H](c2ccco2)N[C@@H]1c1ccco1. The lowest BCUT2D eigenvalue weighted by Crippen LogP contribution is -2.42. The molecule has 3 heterocycles. The normalized spacial score (nSPS) is 28.0. The highest BCUT2D eigenvalue weighted by Gasteiger charge is 2.38. The van der Waals surface area contributed by atoms with Crippen LogP contribution in [0.1, 0.15) is 49.8 Å². The first-order valence-corrected chi connectivity index (χ1v) is 7.37. The average Bonchev–Trinajstić information content (AvgIpc) is 3.21. The van der Waals surface area contributed by atoms with Crippen molar-refractivity contribution >= 4 is 5.71 Å². The van der Waals surface area contributed by atoms with Crippen molar-refractivity contribution in [2.75, 3.05) is 0 Å². The zero-order chi connectivity index (χ0) is 14.7. The molecule has 0 saturated carbocycles. The van der Waals surface area contributed by atoms with Gasteiger partial charge in [0.1, 0.15) is 11.5 Å². The Bertz CT molecular complexity index is 575. The van der Waals surface area contributed by atoms with Crippen LogP contribution in [-0.2, 0) is 0 Å². The molecule has 2 aromatic rings. The number of hydrogen-bond donors (Lipinski definition) is 2. The third-order valence-corrected chi connectivity index (χ3v) is 4.09. The zero-order valence-electron chi connectivity index (χ0n) is 12.0. The van der Waals surface area contributed by atoms with Crippen LogP contribution in [0.4, 0.5) is 0 Å². The van der Waals surface area contributed by atoms with Gasteiger partial charge >= 0.3 is 0 Å². The summed E-state index contributed by atoms with van der Waals surface area (Å²) in [6, 6.07) is 7.63. The van der Waals surface area contributed by atoms with Gasteiger partial charge in [-0.15, -0.1) is 0 Å². The van der Waals surface area contributed by atoms with Gasteiger partial charge in [0.15, 0.2) is 0 Å². The van der Waals surface area contributed by atoms with E-state index in [2.05, 4.69) is 17.4 Å². The molecule has 5 nitrogen and oxygen atoms in total. The molecule has 1 aliphatic heterocycles. The van der Waals surface area contributed by atoms with Gasteiger partial charge in [0.05, 0.1) is 30.3 Å². The summed E-state index contributed by atoms with van der Waals surface area (Å²) >= 11 is 0. The molecule has 1 fully saturated rings. The van der Waals surface area contributed by atoms with Gasteiger partial charge in [-0.05, 0) is 30.7 Å². The summed E-state index contributed by atoms with van der Waals surface area (Å²) in [5, 5.41) is 16.6. The molecule has 0 unspecified atom stereocenters. The van der Waals surface area contributed by atoms with E-state index in [-0.39, 0.29) is 18.0 Å². The van der Waals surface area contributed by atoms with E-state index in [1.807, 2.05) is 24.3 Å². The monoisotopic (exact) mass is 288 g/mol. The molecule has 21 heavy (non-hydrogen) atoms. The van der Waals surface area contributed by atoms with E-state index in [0.29, 0.717) is 6.42 Å². The van der Waals surface area contributed by atoms with Crippen LogP contribution >= 0.6 is 0 Å². The van der Waals surface area contributed by atoms with Crippen LogP contribution < -0.4 is 5.32 Å². The van der Waals surface area contributed by atoms with Crippen LogP contribution in [0, 0.1) is 5.92 Å². The largest absolute Gasteiger partial charge is 0.468 e. The molecule has 2 N–H and O–H groups in total. The highest BCUT2D eigenvalue weighted by Crippen LogP contribution is 2.38. The molecule has 0 radical (unpaired) electrons. The minimum atomic E-state index is -0.00546. The maximum atomic E-state index is 9.42. The first-order valence-electron chi connectivity index (χ1n) is 7.37. The van der Waals surface area contributed by atoms with E-state index in [0.717, 1.165) is 30.1 Å². The lowest BCUT2D eigenvalue weighted by molar-refractivity contribution is 0.253. The fraction of sp³-hybridized carbons (Fsp3) is 0.438. The van der Waals surface area contributed by atoms with Crippen molar-refractivity contribution in [3.05, 3.63) is 48.3 Å². The Morgan fingerprint density at radius 2 is 1.95 bits per heavy atom. The summed E-state index contributed by atoms with van der Waals surface area (Å²) < 4.78 is 11.1. The minimum absolute atomic E-state index is 0.00491. The molecule has 0 spiro atoms. The van der Waals surface area contributed by atoms with E-state index in [1.54, 1.807) is 12.5 Å². The summed E-state index contributed by atoms with van der Waals surface area (Å²) in [6.45, 7) is 2.13. The second kappa shape index (κ2) is 6.18. The molecule has 2 aromatic heterocycles. The van der Waals surface area contributed by atoms with E-state index < -0.39 is 0 Å². The first kappa shape index (κ1) is 13.9. The van der Waals surface area contributed by atoms with Crippen LogP contribution in [0.15, 0.2) is 50.8 Å². The molecular formula is C16H20N2O3. The third kappa shape index (κ3) is 2.74. The number of furan rings is 2. The maximum absolute atomic E-state index is 9.42. The van der Waals surface area contributed by atoms with Gasteiger partial charge in [-0.2, -0.15) is 0 Å². The Morgan fingerprint density at radius 3 is 2.52 bits per heavy atom. The maximum Gasteiger partial charge on any atom is 0.121 e. The molecule has 3 atom stereocenters. The van der Waals surface area contributed by atoms with Crippen molar-refractivity contribution < 1.29 is 14.0 Å². The van der Waals surface area contributed by atoms with Crippen molar-refractivity contribution in [2.45, 2.75) is 38.3 Å². The fourth-order valence-electron chi connectivity index (χ4n) is 3.12. The number of hydrogen-bond acceptors (Lipinski definition) is 5. The zero-order valence-corrected chi connectivity index (χ0v) is 12.0. The summed E-state index contributed by atoms with van der Waals surface area (Å²) in [6.07, 6.45) is 5.95. The molecule has 3 rings (SSSR count). The van der Waals surface area contributed by atoms with Crippen LogP contribution in [0.25, 0.3) is 0 Å². The lowest BCUT2D eigenvalue weighted by atomic mass is 9.81. The van der Waals surface area contributed by atoms with E-state index in [4.69, 9.17) is 8.83 Å². The average molecular weight is 288 g/mol. The highest BCUT2D eigenvalue weighted by molar-refractivity contribution is 5.88. The van der Waals surface area contributed by atoms with Crippen LogP contribution in [-0.4, -0.2) is 10.9 Å². The van der Waals surface area contributed by atoms with Crippen molar-refractivity contribution in [3.63, 3.8) is 0 Å². The molecule has 5 heteroatoms. The third-order valence-electron chi connectivity index (χ3n) is 4.09. The smallest absolute Gasteiger partial charge is 0.121 e. The van der Waals surface area contributed by atoms with Gasteiger partial charge in [0.25, 0.3) is 0 Å². The topological polar surface area (TPSA) is 70.9 Å². The highest BCUT2D eigenvalue weighted by atomic mass is 16.4. The first-order chi connectivity index (χ1) is 10.3. The van der Waals surface area contributed by atoms with Crippen LogP contribution in [0.2, 0.25) is 0 Å². The van der Waals surface area contributed by atoms with Gasteiger partial charge in [-0.3, -0.25) is 5.32 Å². The molecule has 0 amide bonds. The number of nitrogens with zero attached hydrogens (tertiary/aromatic N) is 1. The van der Waals surface area contributed by atoms with E-state index >= 15 is 0 Å². The molecule has 0 bridgehead atoms. The van der Waals surface area contributed by atoms with Gasteiger partial charge in [0, 0.05) is 12.3 Å². The Labute approximate surface area is 123 Å². The summed E-state index contributed by atoms with van der Waals surface area (Å²) in [5.74, 6) is 1.85. The summed E-state index contributed by atoms with van der Waals surface area (Å²) in [7, 11) is 0. The predicted molar refractivity (Wildman–Crippen MR) is 78.3 cm³/mol.